The number of rotatable bonds is 3. The van der Waals surface area contributed by atoms with Crippen molar-refractivity contribution >= 4 is 23.9 Å². The second kappa shape index (κ2) is 6.22. The maximum Gasteiger partial charge on any atom is 0.325 e. The van der Waals surface area contributed by atoms with Crippen molar-refractivity contribution in [3.05, 3.63) is 35.4 Å². The molecular formula is C14H14F2N4O4. The molecule has 1 heterocycles. The molecular weight excluding hydrogens is 326 g/mol. The van der Waals surface area contributed by atoms with E-state index >= 15 is 0 Å². The van der Waals surface area contributed by atoms with Crippen molar-refractivity contribution in [2.24, 2.45) is 0 Å². The lowest BCUT2D eigenvalue weighted by Gasteiger charge is -2.22. The lowest BCUT2D eigenvalue weighted by molar-refractivity contribution is -0.134. The molecule has 128 valence electrons. The maximum atomic E-state index is 14.0. The van der Waals surface area contributed by atoms with Crippen molar-refractivity contribution in [1.82, 2.24) is 20.9 Å². The predicted octanol–water partition coefficient (Wildman–Crippen LogP) is 0.187. The van der Waals surface area contributed by atoms with Gasteiger partial charge in [0, 0.05) is 12.6 Å². The molecule has 3 N–H and O–H groups in total. The number of nitrogens with zero attached hydrogens (tertiary/aromatic N) is 1. The second-order valence-corrected chi connectivity index (χ2v) is 5.20. The van der Waals surface area contributed by atoms with Crippen LogP contribution in [0.15, 0.2) is 18.2 Å². The van der Waals surface area contributed by atoms with E-state index in [2.05, 4.69) is 10.6 Å². The lowest BCUT2D eigenvalue weighted by atomic mass is 9.91. The van der Waals surface area contributed by atoms with Crippen molar-refractivity contribution in [2.45, 2.75) is 12.5 Å². The first-order valence-electron chi connectivity index (χ1n) is 6.80. The van der Waals surface area contributed by atoms with Crippen molar-refractivity contribution in [2.75, 3.05) is 13.6 Å². The molecule has 1 aliphatic heterocycles. The third-order valence-electron chi connectivity index (χ3n) is 3.52. The summed E-state index contributed by atoms with van der Waals surface area (Å²) >= 11 is 0. The third-order valence-corrected chi connectivity index (χ3v) is 3.52. The molecule has 0 bridgehead atoms. The van der Waals surface area contributed by atoms with E-state index in [9.17, 15) is 28.0 Å². The highest BCUT2D eigenvalue weighted by Crippen LogP contribution is 2.31. The molecule has 8 nitrogen and oxygen atoms in total. The van der Waals surface area contributed by atoms with Gasteiger partial charge in [-0.15, -0.1) is 0 Å². The van der Waals surface area contributed by atoms with Crippen LogP contribution in [0.25, 0.3) is 0 Å². The van der Waals surface area contributed by atoms with Crippen LogP contribution in [0.5, 0.6) is 0 Å². The molecule has 1 atom stereocenters. The van der Waals surface area contributed by atoms with Gasteiger partial charge in [-0.05, 0) is 25.1 Å². The Bertz CT molecular complexity index is 739. The van der Waals surface area contributed by atoms with Gasteiger partial charge >= 0.3 is 12.1 Å². The Labute approximate surface area is 135 Å². The van der Waals surface area contributed by atoms with Crippen LogP contribution < -0.4 is 16.0 Å². The van der Waals surface area contributed by atoms with Crippen molar-refractivity contribution in [1.29, 1.82) is 0 Å². The van der Waals surface area contributed by atoms with Crippen molar-refractivity contribution < 1.29 is 28.0 Å². The number of hydrogen-bond acceptors (Lipinski definition) is 4. The van der Waals surface area contributed by atoms with E-state index in [-0.39, 0.29) is 5.56 Å². The van der Waals surface area contributed by atoms with Gasteiger partial charge in [0.1, 0.15) is 23.7 Å². The monoisotopic (exact) mass is 340 g/mol. The zero-order valence-electron chi connectivity index (χ0n) is 12.8. The zero-order valence-corrected chi connectivity index (χ0v) is 12.8. The molecule has 0 aromatic heterocycles. The highest BCUT2D eigenvalue weighted by atomic mass is 19.1. The summed E-state index contributed by atoms with van der Waals surface area (Å²) in [5.41, 5.74) is -2.23. The quantitative estimate of drug-likeness (QED) is 0.683. The maximum absolute atomic E-state index is 14.0. The summed E-state index contributed by atoms with van der Waals surface area (Å²) in [6.07, 6.45) is 0. The van der Waals surface area contributed by atoms with Crippen LogP contribution in [0.1, 0.15) is 12.5 Å². The molecule has 1 aliphatic rings. The number of halogens is 2. The first-order chi connectivity index (χ1) is 11.2. The number of imide groups is 2. The topological polar surface area (TPSA) is 108 Å². The molecule has 0 saturated carbocycles. The Morgan fingerprint density at radius 1 is 1.29 bits per heavy atom. The Morgan fingerprint density at radius 2 is 1.96 bits per heavy atom. The number of hydrogen-bond donors (Lipinski definition) is 3. The minimum absolute atomic E-state index is 0.366. The largest absolute Gasteiger partial charge is 0.341 e. The molecule has 6 amide bonds. The van der Waals surface area contributed by atoms with Gasteiger partial charge in [0.15, 0.2) is 0 Å². The number of amides is 6. The second-order valence-electron chi connectivity index (χ2n) is 5.20. The Balaban J connectivity index is 2.26. The van der Waals surface area contributed by atoms with Crippen LogP contribution in [-0.4, -0.2) is 42.4 Å². The van der Waals surface area contributed by atoms with Gasteiger partial charge in [-0.25, -0.2) is 18.4 Å². The molecule has 1 aromatic carbocycles. The summed E-state index contributed by atoms with van der Waals surface area (Å²) in [6.45, 7) is 0.451. The van der Waals surface area contributed by atoms with E-state index in [1.54, 1.807) is 0 Å². The van der Waals surface area contributed by atoms with Gasteiger partial charge in [0.2, 0.25) is 5.91 Å². The molecule has 0 unspecified atom stereocenters. The molecule has 0 aliphatic carbocycles. The van der Waals surface area contributed by atoms with E-state index in [0.29, 0.717) is 4.90 Å². The lowest BCUT2D eigenvalue weighted by Crippen LogP contribution is -2.46. The van der Waals surface area contributed by atoms with Gasteiger partial charge in [0.05, 0.1) is 0 Å². The summed E-state index contributed by atoms with van der Waals surface area (Å²) in [5.74, 6) is -3.53. The Morgan fingerprint density at radius 3 is 2.58 bits per heavy atom. The summed E-state index contributed by atoms with van der Waals surface area (Å²) in [4.78, 5) is 47.6. The summed E-state index contributed by atoms with van der Waals surface area (Å²) in [5, 5.41) is 6.26. The first-order valence-corrected chi connectivity index (χ1v) is 6.80. The van der Waals surface area contributed by atoms with Gasteiger partial charge in [-0.1, -0.05) is 0 Å². The summed E-state index contributed by atoms with van der Waals surface area (Å²) in [7, 11) is 1.28. The van der Waals surface area contributed by atoms with E-state index in [0.717, 1.165) is 18.2 Å². The molecule has 10 heteroatoms. The van der Waals surface area contributed by atoms with Gasteiger partial charge < -0.3 is 10.6 Å². The SMILES string of the molecule is CNC(=O)NC(=O)CN1C(=O)N[C@@](C)(c2cc(F)ccc2F)C1=O. The van der Waals surface area contributed by atoms with Gasteiger partial charge in [-0.2, -0.15) is 0 Å². The Hall–Kier alpha value is -3.04. The fourth-order valence-corrected chi connectivity index (χ4v) is 2.28. The molecule has 24 heavy (non-hydrogen) atoms. The average Bonchev–Trinajstić information content (AvgIpc) is 2.73. The van der Waals surface area contributed by atoms with Gasteiger partial charge in [0.25, 0.3) is 5.91 Å². The zero-order chi connectivity index (χ0) is 18.1. The minimum Gasteiger partial charge on any atom is -0.341 e. The minimum atomic E-state index is -1.86. The molecule has 1 saturated heterocycles. The number of carbonyl (C=O) groups excluding carboxylic acids is 4. The van der Waals surface area contributed by atoms with E-state index in [1.807, 2.05) is 5.32 Å². The standard InChI is InChI=1S/C14H14F2N4O4/c1-14(8-5-7(15)3-4-9(8)16)11(22)20(13(24)19-14)6-10(21)18-12(23)17-2/h3-5H,6H2,1-2H3,(H,19,24)(H2,17,18,21,23)/t14-/m0/s1. The van der Waals surface area contributed by atoms with Crippen LogP contribution in [0.3, 0.4) is 0 Å². The van der Waals surface area contributed by atoms with Crippen LogP contribution in [0.4, 0.5) is 18.4 Å². The molecule has 0 radical (unpaired) electrons. The van der Waals surface area contributed by atoms with E-state index < -0.39 is 47.6 Å². The van der Waals surface area contributed by atoms with Crippen LogP contribution in [-0.2, 0) is 15.1 Å². The number of urea groups is 2. The van der Waals surface area contributed by atoms with E-state index in [1.165, 1.54) is 14.0 Å². The van der Waals surface area contributed by atoms with Crippen molar-refractivity contribution in [3.63, 3.8) is 0 Å². The summed E-state index contributed by atoms with van der Waals surface area (Å²) < 4.78 is 27.3. The first kappa shape index (κ1) is 17.3. The smallest absolute Gasteiger partial charge is 0.325 e. The normalized spacial score (nSPS) is 19.9. The summed E-state index contributed by atoms with van der Waals surface area (Å²) in [6, 6.07) is 0.722. The van der Waals surface area contributed by atoms with E-state index in [4.69, 9.17) is 0 Å². The van der Waals surface area contributed by atoms with Crippen LogP contribution in [0, 0.1) is 11.6 Å². The molecule has 2 rings (SSSR count). The van der Waals surface area contributed by atoms with Crippen LogP contribution >= 0.6 is 0 Å². The van der Waals surface area contributed by atoms with Gasteiger partial charge in [-0.3, -0.25) is 19.8 Å². The molecule has 0 spiro atoms. The fourth-order valence-electron chi connectivity index (χ4n) is 2.28. The fraction of sp³-hybridized carbons (Fsp3) is 0.286. The van der Waals surface area contributed by atoms with Crippen molar-refractivity contribution in [3.8, 4) is 0 Å². The van der Waals surface area contributed by atoms with Crippen LogP contribution in [0.2, 0.25) is 0 Å². The average molecular weight is 340 g/mol. The molecule has 1 aromatic rings. The number of carbonyl (C=O) groups is 4. The number of benzene rings is 1. The highest BCUT2D eigenvalue weighted by Gasteiger charge is 2.50. The number of nitrogens with one attached hydrogen (secondary N) is 3. The third kappa shape index (κ3) is 3.03. The highest BCUT2D eigenvalue weighted by molar-refractivity contribution is 6.10. The predicted molar refractivity (Wildman–Crippen MR) is 76.6 cm³/mol. The Kier molecular flexibility index (Phi) is 4.49. The molecule has 1 fully saturated rings.